The third-order valence-corrected chi connectivity index (χ3v) is 5.47. The fourth-order valence-corrected chi connectivity index (χ4v) is 3.81. The fraction of sp³-hybridized carbons (Fsp3) is 0.120. The number of aliphatic hydroxyl groups is 1. The molecule has 0 saturated carbocycles. The highest BCUT2D eigenvalue weighted by Crippen LogP contribution is 2.43. The van der Waals surface area contributed by atoms with Crippen molar-refractivity contribution in [1.29, 1.82) is 0 Å². The van der Waals surface area contributed by atoms with Gasteiger partial charge in [0.15, 0.2) is 0 Å². The van der Waals surface area contributed by atoms with Crippen molar-refractivity contribution in [2.45, 2.75) is 12.2 Å². The molecule has 1 saturated heterocycles. The van der Waals surface area contributed by atoms with E-state index in [1.54, 1.807) is 12.1 Å². The molecule has 1 heterocycles. The molecule has 1 atom stereocenters. The van der Waals surface area contributed by atoms with Gasteiger partial charge in [-0.2, -0.15) is 13.2 Å². The number of Topliss-reactive ketones (excluding diaryl/α,β-unsaturated/α-hetero) is 1. The number of ether oxygens (including phenoxy) is 1. The number of hydrogen-bond acceptors (Lipinski definition) is 5. The molecule has 0 bridgehead atoms. The van der Waals surface area contributed by atoms with Gasteiger partial charge in [0, 0.05) is 11.3 Å². The number of benzene rings is 3. The van der Waals surface area contributed by atoms with Crippen molar-refractivity contribution < 1.29 is 37.7 Å². The number of carbonyl (C=O) groups excluding carboxylic acids is 2. The van der Waals surface area contributed by atoms with Crippen LogP contribution in [0.25, 0.3) is 5.76 Å². The minimum Gasteiger partial charge on any atom is -0.508 e. The Morgan fingerprint density at radius 3 is 2.21 bits per heavy atom. The Morgan fingerprint density at radius 2 is 1.62 bits per heavy atom. The maximum Gasteiger partial charge on any atom is 0.416 e. The first kappa shape index (κ1) is 22.9. The third kappa shape index (κ3) is 4.07. The van der Waals surface area contributed by atoms with E-state index in [2.05, 4.69) is 0 Å². The van der Waals surface area contributed by atoms with Gasteiger partial charge in [-0.25, -0.2) is 0 Å². The third-order valence-electron chi connectivity index (χ3n) is 5.47. The first-order valence-electron chi connectivity index (χ1n) is 10.0. The van der Waals surface area contributed by atoms with Crippen molar-refractivity contribution in [2.75, 3.05) is 12.0 Å². The van der Waals surface area contributed by atoms with Gasteiger partial charge in [0.25, 0.3) is 11.7 Å². The van der Waals surface area contributed by atoms with Gasteiger partial charge in [-0.05, 0) is 54.1 Å². The van der Waals surface area contributed by atoms with Crippen LogP contribution in [0.3, 0.4) is 0 Å². The maximum atomic E-state index is 13.1. The Labute approximate surface area is 192 Å². The molecule has 4 rings (SSSR count). The van der Waals surface area contributed by atoms with Gasteiger partial charge in [-0.1, -0.05) is 24.3 Å². The minimum atomic E-state index is -4.57. The summed E-state index contributed by atoms with van der Waals surface area (Å²) < 4.78 is 44.2. The number of alkyl halides is 3. The van der Waals surface area contributed by atoms with Gasteiger partial charge in [0.05, 0.1) is 24.3 Å². The van der Waals surface area contributed by atoms with Crippen LogP contribution in [0.15, 0.2) is 78.4 Å². The van der Waals surface area contributed by atoms with Crippen molar-refractivity contribution in [3.05, 3.63) is 95.1 Å². The molecule has 0 aliphatic carbocycles. The van der Waals surface area contributed by atoms with E-state index in [-0.39, 0.29) is 22.6 Å². The number of methoxy groups -OCH3 is 1. The Hall–Kier alpha value is -4.27. The lowest BCUT2D eigenvalue weighted by atomic mass is 9.95. The molecule has 0 spiro atoms. The predicted octanol–water partition coefficient (Wildman–Crippen LogP) is 5.05. The average Bonchev–Trinajstić information content (AvgIpc) is 3.09. The smallest absolute Gasteiger partial charge is 0.416 e. The summed E-state index contributed by atoms with van der Waals surface area (Å²) in [6.07, 6.45) is -4.57. The van der Waals surface area contributed by atoms with Crippen molar-refractivity contribution in [3.8, 4) is 11.5 Å². The highest BCUT2D eigenvalue weighted by Gasteiger charge is 2.47. The quantitative estimate of drug-likeness (QED) is 0.317. The minimum absolute atomic E-state index is 0.0397. The molecule has 174 valence electrons. The van der Waals surface area contributed by atoms with E-state index in [0.29, 0.717) is 11.3 Å². The summed E-state index contributed by atoms with van der Waals surface area (Å²) in [4.78, 5) is 27.1. The lowest BCUT2D eigenvalue weighted by Gasteiger charge is -2.25. The number of aliphatic hydroxyl groups excluding tert-OH is 1. The van der Waals surface area contributed by atoms with Gasteiger partial charge < -0.3 is 14.9 Å². The summed E-state index contributed by atoms with van der Waals surface area (Å²) >= 11 is 0. The van der Waals surface area contributed by atoms with E-state index >= 15 is 0 Å². The van der Waals surface area contributed by atoms with Gasteiger partial charge >= 0.3 is 6.18 Å². The molecule has 1 unspecified atom stereocenters. The van der Waals surface area contributed by atoms with Crippen LogP contribution in [0.4, 0.5) is 18.9 Å². The molecule has 3 aromatic carbocycles. The number of anilines is 1. The Kier molecular flexibility index (Phi) is 5.78. The second-order valence-corrected chi connectivity index (χ2v) is 7.54. The highest BCUT2D eigenvalue weighted by molar-refractivity contribution is 6.51. The number of phenolic OH excluding ortho intramolecular Hbond substituents is 1. The standard InChI is InChI=1S/C25H18F3NO5/c1-34-19-4-2-3-15(13-19)22(31)20-21(14-5-11-18(30)12-6-14)29(24(33)23(20)32)17-9-7-16(8-10-17)25(26,27)28/h2-13,21,30-31H,1H3/b22-20+. The number of hydrogen-bond donors (Lipinski definition) is 2. The molecule has 3 aromatic rings. The molecule has 1 amide bonds. The largest absolute Gasteiger partial charge is 0.508 e. The Morgan fingerprint density at radius 1 is 0.971 bits per heavy atom. The average molecular weight is 469 g/mol. The molecular formula is C25H18F3NO5. The van der Waals surface area contributed by atoms with E-state index in [1.807, 2.05) is 0 Å². The molecule has 2 N–H and O–H groups in total. The van der Waals surface area contributed by atoms with Crippen LogP contribution in [-0.2, 0) is 15.8 Å². The lowest BCUT2D eigenvalue weighted by Crippen LogP contribution is -2.29. The van der Waals surface area contributed by atoms with Crippen molar-refractivity contribution in [2.24, 2.45) is 0 Å². The second kappa shape index (κ2) is 8.58. The van der Waals surface area contributed by atoms with Gasteiger partial charge in [0.1, 0.15) is 17.3 Å². The zero-order valence-corrected chi connectivity index (χ0v) is 17.7. The molecule has 34 heavy (non-hydrogen) atoms. The monoisotopic (exact) mass is 469 g/mol. The van der Waals surface area contributed by atoms with E-state index in [1.165, 1.54) is 43.5 Å². The molecule has 0 aromatic heterocycles. The number of nitrogens with zero attached hydrogens (tertiary/aromatic N) is 1. The second-order valence-electron chi connectivity index (χ2n) is 7.54. The fourth-order valence-electron chi connectivity index (χ4n) is 3.81. The van der Waals surface area contributed by atoms with Gasteiger partial charge in [-0.3, -0.25) is 14.5 Å². The summed E-state index contributed by atoms with van der Waals surface area (Å²) in [5.41, 5.74) is -0.540. The SMILES string of the molecule is COc1cccc(/C(O)=C2\C(=O)C(=O)N(c3ccc(C(F)(F)F)cc3)C2c2ccc(O)cc2)c1. The van der Waals surface area contributed by atoms with Crippen LogP contribution in [0.1, 0.15) is 22.7 Å². The summed E-state index contributed by atoms with van der Waals surface area (Å²) in [6.45, 7) is 0. The molecule has 1 fully saturated rings. The van der Waals surface area contributed by atoms with E-state index in [0.717, 1.165) is 29.2 Å². The molecule has 6 nitrogen and oxygen atoms in total. The number of phenols is 1. The van der Waals surface area contributed by atoms with Crippen molar-refractivity contribution in [1.82, 2.24) is 0 Å². The zero-order valence-electron chi connectivity index (χ0n) is 17.7. The number of amides is 1. The summed E-state index contributed by atoms with van der Waals surface area (Å²) in [7, 11) is 1.43. The number of ketones is 1. The first-order valence-corrected chi connectivity index (χ1v) is 10.0. The maximum absolute atomic E-state index is 13.1. The molecule has 9 heteroatoms. The van der Waals surface area contributed by atoms with Crippen LogP contribution in [0, 0.1) is 0 Å². The number of aromatic hydroxyl groups is 1. The topological polar surface area (TPSA) is 87.1 Å². The van der Waals surface area contributed by atoms with Crippen LogP contribution >= 0.6 is 0 Å². The van der Waals surface area contributed by atoms with Crippen LogP contribution in [0.2, 0.25) is 0 Å². The van der Waals surface area contributed by atoms with Crippen LogP contribution < -0.4 is 9.64 Å². The van der Waals surface area contributed by atoms with Crippen LogP contribution in [-0.4, -0.2) is 29.0 Å². The normalized spacial score (nSPS) is 17.8. The molecule has 0 radical (unpaired) electrons. The highest BCUT2D eigenvalue weighted by atomic mass is 19.4. The van der Waals surface area contributed by atoms with Gasteiger partial charge in [0.2, 0.25) is 0 Å². The Bertz CT molecular complexity index is 1280. The predicted molar refractivity (Wildman–Crippen MR) is 117 cm³/mol. The van der Waals surface area contributed by atoms with Crippen molar-refractivity contribution in [3.63, 3.8) is 0 Å². The number of halogens is 3. The Balaban J connectivity index is 1.90. The van der Waals surface area contributed by atoms with Crippen LogP contribution in [0.5, 0.6) is 11.5 Å². The van der Waals surface area contributed by atoms with E-state index < -0.39 is 35.2 Å². The molecule has 1 aliphatic rings. The molecule has 1 aliphatic heterocycles. The summed E-state index contributed by atoms with van der Waals surface area (Å²) in [5.74, 6) is -2.14. The number of rotatable bonds is 4. The molecular weight excluding hydrogens is 451 g/mol. The summed E-state index contributed by atoms with van der Waals surface area (Å²) in [5, 5.41) is 20.7. The van der Waals surface area contributed by atoms with E-state index in [9.17, 15) is 33.0 Å². The lowest BCUT2D eigenvalue weighted by molar-refractivity contribution is -0.137. The first-order chi connectivity index (χ1) is 16.1. The van der Waals surface area contributed by atoms with Gasteiger partial charge in [-0.15, -0.1) is 0 Å². The zero-order chi connectivity index (χ0) is 24.6. The number of carbonyl (C=O) groups is 2. The van der Waals surface area contributed by atoms with Crippen molar-refractivity contribution >= 4 is 23.1 Å². The van der Waals surface area contributed by atoms with E-state index in [4.69, 9.17) is 4.74 Å². The summed E-state index contributed by atoms with van der Waals surface area (Å²) in [6, 6.07) is 14.5.